The molecular formula is C25H31N3O4. The zero-order valence-electron chi connectivity index (χ0n) is 18.3. The van der Waals surface area contributed by atoms with Crippen LogP contribution >= 0.6 is 0 Å². The Labute approximate surface area is 188 Å². The van der Waals surface area contributed by atoms with Gasteiger partial charge in [-0.05, 0) is 37.7 Å². The molecule has 0 bridgehead atoms. The van der Waals surface area contributed by atoms with Crippen LogP contribution in [0.25, 0.3) is 0 Å². The summed E-state index contributed by atoms with van der Waals surface area (Å²) in [5.74, 6) is 0.318. The lowest BCUT2D eigenvalue weighted by Gasteiger charge is -2.47. The molecule has 3 aliphatic rings. The Morgan fingerprint density at radius 3 is 2.72 bits per heavy atom. The smallest absolute Gasteiger partial charge is 0.292 e. The van der Waals surface area contributed by atoms with Crippen molar-refractivity contribution >= 4 is 11.8 Å². The van der Waals surface area contributed by atoms with Crippen LogP contribution in [-0.4, -0.2) is 46.2 Å². The number of nitrogens with zero attached hydrogens (tertiary/aromatic N) is 2. The Bertz CT molecular complexity index is 969. The van der Waals surface area contributed by atoms with Crippen LogP contribution in [0.4, 0.5) is 0 Å². The van der Waals surface area contributed by atoms with E-state index in [0.717, 1.165) is 24.1 Å². The SMILES string of the molecule is O=C(c1cc(C2CCCCC2)no1)N1CCC[C@@]2(C[C@@H](O)[C@H](c3ccccc3)NC2=O)C1. The lowest BCUT2D eigenvalue weighted by atomic mass is 9.70. The lowest BCUT2D eigenvalue weighted by molar-refractivity contribution is -0.144. The Morgan fingerprint density at radius 1 is 1.16 bits per heavy atom. The highest BCUT2D eigenvalue weighted by molar-refractivity contribution is 5.93. The zero-order valence-corrected chi connectivity index (χ0v) is 18.3. The van der Waals surface area contributed by atoms with E-state index in [1.54, 1.807) is 11.0 Å². The van der Waals surface area contributed by atoms with Crippen molar-refractivity contribution in [1.82, 2.24) is 15.4 Å². The van der Waals surface area contributed by atoms with Gasteiger partial charge >= 0.3 is 0 Å². The van der Waals surface area contributed by atoms with Gasteiger partial charge in [0.05, 0.1) is 23.3 Å². The van der Waals surface area contributed by atoms with Gasteiger partial charge in [-0.3, -0.25) is 9.59 Å². The minimum absolute atomic E-state index is 0.0883. The fourth-order valence-electron chi connectivity index (χ4n) is 5.76. The molecule has 3 heterocycles. The molecule has 7 nitrogen and oxygen atoms in total. The van der Waals surface area contributed by atoms with E-state index in [4.69, 9.17) is 4.52 Å². The Balaban J connectivity index is 1.29. The quantitative estimate of drug-likeness (QED) is 0.765. The van der Waals surface area contributed by atoms with Gasteiger partial charge in [-0.15, -0.1) is 0 Å². The van der Waals surface area contributed by atoms with Crippen LogP contribution in [0.5, 0.6) is 0 Å². The van der Waals surface area contributed by atoms with Gasteiger partial charge in [0.25, 0.3) is 5.91 Å². The van der Waals surface area contributed by atoms with Crippen molar-refractivity contribution in [3.8, 4) is 0 Å². The lowest BCUT2D eigenvalue weighted by Crippen LogP contribution is -2.60. The van der Waals surface area contributed by atoms with Crippen molar-refractivity contribution in [1.29, 1.82) is 0 Å². The first-order valence-corrected chi connectivity index (χ1v) is 11.9. The number of benzene rings is 1. The molecule has 1 aliphatic carbocycles. The number of aromatic nitrogens is 1. The number of nitrogens with one attached hydrogen (secondary N) is 1. The number of carbonyl (C=O) groups excluding carboxylic acids is 2. The molecule has 3 atom stereocenters. The van der Waals surface area contributed by atoms with Crippen LogP contribution in [0.15, 0.2) is 40.9 Å². The van der Waals surface area contributed by atoms with Gasteiger partial charge in [0.15, 0.2) is 0 Å². The first-order valence-electron chi connectivity index (χ1n) is 11.9. The summed E-state index contributed by atoms with van der Waals surface area (Å²) in [6.07, 6.45) is 6.83. The third-order valence-electron chi connectivity index (χ3n) is 7.54. The molecule has 0 unspecified atom stereocenters. The highest BCUT2D eigenvalue weighted by Gasteiger charge is 2.50. The molecule has 170 valence electrons. The van der Waals surface area contributed by atoms with Crippen molar-refractivity contribution < 1.29 is 19.2 Å². The van der Waals surface area contributed by atoms with E-state index in [-0.39, 0.29) is 24.1 Å². The highest BCUT2D eigenvalue weighted by atomic mass is 16.5. The second-order valence-corrected chi connectivity index (χ2v) is 9.69. The fraction of sp³-hybridized carbons (Fsp3) is 0.560. The molecular weight excluding hydrogens is 406 g/mol. The van der Waals surface area contributed by atoms with E-state index in [9.17, 15) is 14.7 Å². The molecule has 2 saturated heterocycles. The summed E-state index contributed by atoms with van der Waals surface area (Å²) < 4.78 is 5.44. The summed E-state index contributed by atoms with van der Waals surface area (Å²) in [5.41, 5.74) is 0.991. The fourth-order valence-corrected chi connectivity index (χ4v) is 5.76. The van der Waals surface area contributed by atoms with E-state index >= 15 is 0 Å². The summed E-state index contributed by atoms with van der Waals surface area (Å²) in [6.45, 7) is 0.862. The predicted octanol–water partition coefficient (Wildman–Crippen LogP) is 3.57. The van der Waals surface area contributed by atoms with Gasteiger partial charge in [-0.25, -0.2) is 0 Å². The summed E-state index contributed by atoms with van der Waals surface area (Å²) in [6, 6.07) is 10.9. The van der Waals surface area contributed by atoms with E-state index in [1.165, 1.54) is 19.3 Å². The molecule has 7 heteroatoms. The Kier molecular flexibility index (Phi) is 5.76. The number of hydrogen-bond donors (Lipinski definition) is 2. The van der Waals surface area contributed by atoms with Crippen molar-refractivity contribution in [3.05, 3.63) is 53.4 Å². The third-order valence-corrected chi connectivity index (χ3v) is 7.54. The summed E-state index contributed by atoms with van der Waals surface area (Å²) in [5, 5.41) is 18.1. The summed E-state index contributed by atoms with van der Waals surface area (Å²) >= 11 is 0. The van der Waals surface area contributed by atoms with E-state index in [2.05, 4.69) is 10.5 Å². The maximum atomic E-state index is 13.2. The number of aliphatic hydroxyl groups excluding tert-OH is 1. The van der Waals surface area contributed by atoms with Crippen LogP contribution in [0, 0.1) is 5.41 Å². The molecule has 1 aromatic carbocycles. The molecule has 2 aromatic rings. The number of rotatable bonds is 3. The highest BCUT2D eigenvalue weighted by Crippen LogP contribution is 2.42. The minimum Gasteiger partial charge on any atom is -0.391 e. The van der Waals surface area contributed by atoms with Gasteiger partial charge < -0.3 is 19.8 Å². The van der Waals surface area contributed by atoms with Gasteiger partial charge in [0, 0.05) is 25.1 Å². The van der Waals surface area contributed by atoms with Crippen molar-refractivity contribution in [2.45, 2.75) is 69.4 Å². The first kappa shape index (κ1) is 21.2. The topological polar surface area (TPSA) is 95.7 Å². The van der Waals surface area contributed by atoms with Crippen molar-refractivity contribution in [3.63, 3.8) is 0 Å². The molecule has 1 aromatic heterocycles. The monoisotopic (exact) mass is 437 g/mol. The largest absolute Gasteiger partial charge is 0.391 e. The standard InChI is InChI=1S/C25H31N3O4/c29-20-15-25(24(31)26-22(20)18-10-5-2-6-11-18)12-7-13-28(16-25)23(30)21-14-19(27-32-21)17-8-3-1-4-9-17/h2,5-6,10-11,14,17,20,22,29H,1,3-4,7-9,12-13,15-16H2,(H,26,31)/t20-,22+,25-/m1/s1. The number of amides is 2. The van der Waals surface area contributed by atoms with E-state index in [0.29, 0.717) is 31.7 Å². The number of piperidine rings is 2. The van der Waals surface area contributed by atoms with Crippen LogP contribution < -0.4 is 5.32 Å². The Hall–Kier alpha value is -2.67. The van der Waals surface area contributed by atoms with Gasteiger partial charge in [0.2, 0.25) is 11.7 Å². The number of likely N-dealkylation sites (tertiary alicyclic amines) is 1. The molecule has 2 N–H and O–H groups in total. The molecule has 2 aliphatic heterocycles. The molecule has 0 radical (unpaired) electrons. The molecule has 5 rings (SSSR count). The number of hydrogen-bond acceptors (Lipinski definition) is 5. The van der Waals surface area contributed by atoms with Crippen molar-refractivity contribution in [2.24, 2.45) is 5.41 Å². The summed E-state index contributed by atoms with van der Waals surface area (Å²) in [4.78, 5) is 28.1. The minimum atomic E-state index is -0.773. The molecule has 3 fully saturated rings. The molecule has 2 amide bonds. The summed E-state index contributed by atoms with van der Waals surface area (Å²) in [7, 11) is 0. The first-order chi connectivity index (χ1) is 15.6. The third kappa shape index (κ3) is 3.94. The van der Waals surface area contributed by atoms with Crippen LogP contribution in [0.2, 0.25) is 0 Å². The maximum Gasteiger partial charge on any atom is 0.292 e. The molecule has 1 spiro atoms. The average Bonchev–Trinajstić information content (AvgIpc) is 3.33. The normalized spacial score (nSPS) is 29.2. The van der Waals surface area contributed by atoms with Gasteiger partial charge in [-0.2, -0.15) is 0 Å². The average molecular weight is 438 g/mol. The van der Waals surface area contributed by atoms with E-state index in [1.807, 2.05) is 30.3 Å². The maximum absolute atomic E-state index is 13.2. The van der Waals surface area contributed by atoms with E-state index < -0.39 is 17.6 Å². The van der Waals surface area contributed by atoms with Crippen LogP contribution in [-0.2, 0) is 4.79 Å². The van der Waals surface area contributed by atoms with Crippen molar-refractivity contribution in [2.75, 3.05) is 13.1 Å². The zero-order chi connectivity index (χ0) is 22.1. The number of aliphatic hydroxyl groups is 1. The molecule has 32 heavy (non-hydrogen) atoms. The van der Waals surface area contributed by atoms with Crippen LogP contribution in [0.1, 0.15) is 85.1 Å². The van der Waals surface area contributed by atoms with Crippen LogP contribution in [0.3, 0.4) is 0 Å². The Morgan fingerprint density at radius 2 is 1.94 bits per heavy atom. The second kappa shape index (κ2) is 8.70. The second-order valence-electron chi connectivity index (χ2n) is 9.69. The van der Waals surface area contributed by atoms with Gasteiger partial charge in [-0.1, -0.05) is 54.8 Å². The van der Waals surface area contributed by atoms with Gasteiger partial charge in [0.1, 0.15) is 0 Å². The predicted molar refractivity (Wildman–Crippen MR) is 118 cm³/mol. The number of carbonyl (C=O) groups is 2. The molecule has 1 saturated carbocycles.